The fourth-order valence-electron chi connectivity index (χ4n) is 0.943. The maximum atomic E-state index is 11.4. The van der Waals surface area contributed by atoms with Gasteiger partial charge in [-0.25, -0.2) is 0 Å². The van der Waals surface area contributed by atoms with Crippen LogP contribution in [-0.4, -0.2) is 22.0 Å². The second-order valence-electron chi connectivity index (χ2n) is 3.25. The molecular weight excluding hydrogens is 168 g/mol. The van der Waals surface area contributed by atoms with E-state index in [1.54, 1.807) is 24.3 Å². The summed E-state index contributed by atoms with van der Waals surface area (Å²) in [7, 11) is 0. The number of hydrogen-bond acceptors (Lipinski definition) is 2. The van der Waals surface area contributed by atoms with E-state index in [1.165, 1.54) is 13.8 Å². The largest absolute Gasteiger partial charge is 0.412 e. The van der Waals surface area contributed by atoms with Crippen LogP contribution in [0, 0.1) is 0 Å². The van der Waals surface area contributed by atoms with Crippen LogP contribution in [0.25, 0.3) is 0 Å². The first-order chi connectivity index (χ1) is 5.52. The summed E-state index contributed by atoms with van der Waals surface area (Å²) in [6.45, 7) is 2.98. The van der Waals surface area contributed by atoms with Crippen molar-refractivity contribution >= 4 is 5.78 Å². The highest BCUT2D eigenvalue weighted by atomic mass is 16.3. The normalized spacial score (nSPS) is 10.4. The molecule has 13 heavy (non-hydrogen) atoms. The molecule has 1 aromatic carbocycles. The number of Topliss-reactive ketones (excluding diaryl/α,β-unsaturated/α-hetero) is 1. The maximum absolute atomic E-state index is 11.4. The number of carbonyl (C=O) groups is 1. The smallest absolute Gasteiger partial charge is 0.193 e. The molecule has 0 saturated heterocycles. The van der Waals surface area contributed by atoms with Gasteiger partial charge in [-0.05, 0) is 13.8 Å². The van der Waals surface area contributed by atoms with Crippen LogP contribution in [-0.2, 0) is 0 Å². The van der Waals surface area contributed by atoms with Crippen molar-refractivity contribution in [2.24, 2.45) is 0 Å². The van der Waals surface area contributed by atoms with Crippen molar-refractivity contribution in [2.45, 2.75) is 19.4 Å². The van der Waals surface area contributed by atoms with Gasteiger partial charge < -0.3 is 10.6 Å². The molecule has 0 aliphatic rings. The molecule has 0 radical (unpaired) electrons. The number of carbonyl (C=O) groups excluding carboxylic acids is 1. The minimum atomic E-state index is -1.28. The van der Waals surface area contributed by atoms with Crippen molar-refractivity contribution < 1.29 is 15.4 Å². The van der Waals surface area contributed by atoms with Crippen LogP contribution in [0.3, 0.4) is 0 Å². The molecule has 0 amide bonds. The molecule has 1 rings (SSSR count). The number of ketones is 1. The van der Waals surface area contributed by atoms with E-state index in [2.05, 4.69) is 0 Å². The van der Waals surface area contributed by atoms with Crippen LogP contribution in [0.4, 0.5) is 0 Å². The van der Waals surface area contributed by atoms with Crippen molar-refractivity contribution in [3.63, 3.8) is 0 Å². The number of rotatable bonds is 2. The summed E-state index contributed by atoms with van der Waals surface area (Å²) >= 11 is 0. The van der Waals surface area contributed by atoms with E-state index in [4.69, 9.17) is 0 Å². The van der Waals surface area contributed by atoms with E-state index in [-0.39, 0.29) is 11.3 Å². The lowest BCUT2D eigenvalue weighted by Crippen LogP contribution is -2.30. The second kappa shape index (κ2) is 4.16. The molecule has 72 valence electrons. The Bertz CT molecular complexity index is 272. The molecule has 0 heterocycles. The quantitative estimate of drug-likeness (QED) is 0.688. The van der Waals surface area contributed by atoms with Gasteiger partial charge in [-0.15, -0.1) is 0 Å². The van der Waals surface area contributed by atoms with E-state index in [1.807, 2.05) is 6.07 Å². The highest BCUT2D eigenvalue weighted by molar-refractivity contribution is 6.01. The van der Waals surface area contributed by atoms with Crippen LogP contribution in [0.2, 0.25) is 0 Å². The van der Waals surface area contributed by atoms with Crippen LogP contribution >= 0.6 is 0 Å². The Balaban J connectivity index is 0.00000144. The molecular formula is C10H14O3. The van der Waals surface area contributed by atoms with E-state index >= 15 is 0 Å². The number of hydrogen-bond donors (Lipinski definition) is 1. The zero-order chi connectivity index (χ0) is 9.19. The van der Waals surface area contributed by atoms with Gasteiger partial charge in [-0.1, -0.05) is 30.3 Å². The molecule has 0 atom stereocenters. The zero-order valence-corrected chi connectivity index (χ0v) is 7.74. The van der Waals surface area contributed by atoms with E-state index < -0.39 is 5.60 Å². The van der Waals surface area contributed by atoms with Gasteiger partial charge in [-0.2, -0.15) is 0 Å². The molecule has 0 bridgehead atoms. The molecule has 0 unspecified atom stereocenters. The van der Waals surface area contributed by atoms with Gasteiger partial charge in [0.15, 0.2) is 5.78 Å². The van der Waals surface area contributed by atoms with E-state index in [0.717, 1.165) is 0 Å². The number of aliphatic hydroxyl groups is 1. The first kappa shape index (κ1) is 11.8. The lowest BCUT2D eigenvalue weighted by Gasteiger charge is -2.14. The Labute approximate surface area is 77.3 Å². The Morgan fingerprint density at radius 3 is 2.08 bits per heavy atom. The third kappa shape index (κ3) is 2.97. The fraction of sp³-hybridized carbons (Fsp3) is 0.300. The van der Waals surface area contributed by atoms with E-state index in [9.17, 15) is 9.90 Å². The molecule has 0 aliphatic heterocycles. The Hall–Kier alpha value is -1.19. The third-order valence-corrected chi connectivity index (χ3v) is 1.59. The summed E-state index contributed by atoms with van der Waals surface area (Å²) in [5.74, 6) is -0.247. The van der Waals surface area contributed by atoms with Gasteiger partial charge in [0.1, 0.15) is 5.60 Å². The fourth-order valence-corrected chi connectivity index (χ4v) is 0.943. The standard InChI is InChI=1S/C10H12O2.H2O/c1-10(2,12)9(11)8-6-4-3-5-7-8;/h3-7,12H,1-2H3;1H2. The van der Waals surface area contributed by atoms with Gasteiger partial charge in [0.25, 0.3) is 0 Å². The first-order valence-corrected chi connectivity index (χ1v) is 3.84. The molecule has 1 aromatic rings. The molecule has 3 N–H and O–H groups in total. The minimum absolute atomic E-state index is 0. The molecule has 0 aliphatic carbocycles. The van der Waals surface area contributed by atoms with Gasteiger partial charge in [0.05, 0.1) is 0 Å². The highest BCUT2D eigenvalue weighted by Crippen LogP contribution is 2.11. The third-order valence-electron chi connectivity index (χ3n) is 1.59. The Kier molecular flexibility index (Phi) is 3.78. The van der Waals surface area contributed by atoms with Gasteiger partial charge in [0.2, 0.25) is 0 Å². The lowest BCUT2D eigenvalue weighted by atomic mass is 9.97. The summed E-state index contributed by atoms with van der Waals surface area (Å²) in [6, 6.07) is 8.78. The Morgan fingerprint density at radius 1 is 1.23 bits per heavy atom. The van der Waals surface area contributed by atoms with Gasteiger partial charge >= 0.3 is 0 Å². The zero-order valence-electron chi connectivity index (χ0n) is 7.74. The Morgan fingerprint density at radius 2 is 1.69 bits per heavy atom. The monoisotopic (exact) mass is 182 g/mol. The minimum Gasteiger partial charge on any atom is -0.412 e. The predicted octanol–water partition coefficient (Wildman–Crippen LogP) is 0.815. The predicted molar refractivity (Wildman–Crippen MR) is 50.7 cm³/mol. The van der Waals surface area contributed by atoms with Crippen LogP contribution in [0.15, 0.2) is 30.3 Å². The highest BCUT2D eigenvalue weighted by Gasteiger charge is 2.24. The molecule has 3 heteroatoms. The summed E-state index contributed by atoms with van der Waals surface area (Å²) < 4.78 is 0. The van der Waals surface area contributed by atoms with Crippen LogP contribution < -0.4 is 0 Å². The molecule has 0 fully saturated rings. The SMILES string of the molecule is CC(C)(O)C(=O)c1ccccc1.O. The molecule has 0 saturated carbocycles. The van der Waals surface area contributed by atoms with Crippen LogP contribution in [0.5, 0.6) is 0 Å². The van der Waals surface area contributed by atoms with Crippen molar-refractivity contribution in [1.29, 1.82) is 0 Å². The summed E-state index contributed by atoms with van der Waals surface area (Å²) in [6.07, 6.45) is 0. The second-order valence-corrected chi connectivity index (χ2v) is 3.25. The first-order valence-electron chi connectivity index (χ1n) is 3.84. The summed E-state index contributed by atoms with van der Waals surface area (Å²) in [5, 5.41) is 9.39. The molecule has 3 nitrogen and oxygen atoms in total. The average Bonchev–Trinajstić information content (AvgIpc) is 2.03. The molecule has 0 spiro atoms. The summed E-state index contributed by atoms with van der Waals surface area (Å²) in [5.41, 5.74) is -0.730. The van der Waals surface area contributed by atoms with Crippen molar-refractivity contribution in [3.05, 3.63) is 35.9 Å². The average molecular weight is 182 g/mol. The van der Waals surface area contributed by atoms with Crippen LogP contribution in [0.1, 0.15) is 24.2 Å². The van der Waals surface area contributed by atoms with Gasteiger partial charge in [-0.3, -0.25) is 4.79 Å². The van der Waals surface area contributed by atoms with Crippen molar-refractivity contribution in [3.8, 4) is 0 Å². The van der Waals surface area contributed by atoms with E-state index in [0.29, 0.717) is 5.56 Å². The summed E-state index contributed by atoms with van der Waals surface area (Å²) in [4.78, 5) is 11.4. The molecule has 0 aromatic heterocycles. The maximum Gasteiger partial charge on any atom is 0.193 e. The van der Waals surface area contributed by atoms with Gasteiger partial charge in [0, 0.05) is 5.56 Å². The number of benzene rings is 1. The van der Waals surface area contributed by atoms with Crippen molar-refractivity contribution in [1.82, 2.24) is 0 Å². The lowest BCUT2D eigenvalue weighted by molar-refractivity contribution is 0.0488. The topological polar surface area (TPSA) is 68.8 Å². The van der Waals surface area contributed by atoms with Crippen molar-refractivity contribution in [2.75, 3.05) is 0 Å².